The number of hydrogen-bond donors (Lipinski definition) is 0. The van der Waals surface area contributed by atoms with Crippen LogP contribution in [0, 0.1) is 0 Å². The second-order valence-corrected chi connectivity index (χ2v) is 17.6. The van der Waals surface area contributed by atoms with Crippen LogP contribution in [0.1, 0.15) is 0 Å². The van der Waals surface area contributed by atoms with Gasteiger partial charge in [0.1, 0.15) is 5.01 Å². The Kier molecular flexibility index (Phi) is 8.58. The number of hydrogen-bond acceptors (Lipinski definition) is 4. The quantitative estimate of drug-likeness (QED) is 0.159. The molecule has 12 rings (SSSR count). The van der Waals surface area contributed by atoms with Crippen LogP contribution in [0.4, 0.5) is 17.1 Å². The van der Waals surface area contributed by atoms with Gasteiger partial charge in [-0.2, -0.15) is 0 Å². The summed E-state index contributed by atoms with van der Waals surface area (Å²) in [4.78, 5) is 7.46. The van der Waals surface area contributed by atoms with Crippen molar-refractivity contribution in [2.24, 2.45) is 0 Å². The number of fused-ring (bicyclic) bond motifs is 7. The van der Waals surface area contributed by atoms with Crippen LogP contribution in [-0.4, -0.2) is 4.98 Å². The number of nitrogens with zero attached hydrogens (tertiary/aromatic N) is 2. The molecule has 0 aliphatic heterocycles. The molecular weight excluding hydrogens is 777 g/mol. The van der Waals surface area contributed by atoms with Gasteiger partial charge in [0.25, 0.3) is 0 Å². The van der Waals surface area contributed by atoms with E-state index in [4.69, 9.17) is 4.98 Å². The maximum absolute atomic E-state index is 5.06. The predicted octanol–water partition coefficient (Wildman–Crippen LogP) is 17.1. The van der Waals surface area contributed by atoms with E-state index in [1.807, 2.05) is 11.3 Å². The first-order valence-corrected chi connectivity index (χ1v) is 22.2. The van der Waals surface area contributed by atoms with Crippen molar-refractivity contribution < 1.29 is 0 Å². The molecule has 0 atom stereocenters. The highest BCUT2D eigenvalue weighted by Gasteiger charge is 2.18. The van der Waals surface area contributed by atoms with Gasteiger partial charge >= 0.3 is 0 Å². The second-order valence-electron chi connectivity index (χ2n) is 15.6. The van der Waals surface area contributed by atoms with Gasteiger partial charge < -0.3 is 4.90 Å². The predicted molar refractivity (Wildman–Crippen MR) is 264 cm³/mol. The Labute approximate surface area is 361 Å². The Morgan fingerprint density at radius 2 is 0.934 bits per heavy atom. The van der Waals surface area contributed by atoms with Crippen LogP contribution in [0.25, 0.3) is 95.9 Å². The molecule has 0 saturated heterocycles. The maximum Gasteiger partial charge on any atom is 0.124 e. The molecule has 4 heteroatoms. The van der Waals surface area contributed by atoms with E-state index in [2.05, 4.69) is 223 Å². The molecule has 0 fully saturated rings. The van der Waals surface area contributed by atoms with E-state index >= 15 is 0 Å². The number of benzene rings is 10. The third-order valence-corrected chi connectivity index (χ3v) is 14.1. The third-order valence-electron chi connectivity index (χ3n) is 11.9. The summed E-state index contributed by atoms with van der Waals surface area (Å²) in [5.41, 5.74) is 12.7. The van der Waals surface area contributed by atoms with Crippen LogP contribution >= 0.6 is 22.7 Å². The molecule has 0 aliphatic rings. The van der Waals surface area contributed by atoms with Crippen molar-refractivity contribution in [1.29, 1.82) is 0 Å². The molecular formula is C57H36N2S2. The normalized spacial score (nSPS) is 11.6. The maximum atomic E-state index is 5.06. The Hall–Kier alpha value is -7.37. The Bertz CT molecular complexity index is 3570. The largest absolute Gasteiger partial charge is 0.310 e. The van der Waals surface area contributed by atoms with E-state index < -0.39 is 0 Å². The van der Waals surface area contributed by atoms with Crippen molar-refractivity contribution in [2.75, 3.05) is 4.90 Å². The fraction of sp³-hybridized carbons (Fsp3) is 0. The lowest BCUT2D eigenvalue weighted by molar-refractivity contribution is 1.29. The summed E-state index contributed by atoms with van der Waals surface area (Å²) in [6.07, 6.45) is 0. The molecule has 0 amide bonds. The monoisotopic (exact) mass is 812 g/mol. The zero-order valence-electron chi connectivity index (χ0n) is 33.0. The summed E-state index contributed by atoms with van der Waals surface area (Å²) in [7, 11) is 0. The lowest BCUT2D eigenvalue weighted by Crippen LogP contribution is -2.10. The Balaban J connectivity index is 0.967. The van der Waals surface area contributed by atoms with Gasteiger partial charge in [0, 0.05) is 42.8 Å². The van der Waals surface area contributed by atoms with Crippen molar-refractivity contribution in [2.45, 2.75) is 0 Å². The number of thiophene rings is 1. The first kappa shape index (κ1) is 35.6. The summed E-state index contributed by atoms with van der Waals surface area (Å²) in [6, 6.07) is 79.4. The SMILES string of the molecule is c1ccc(-c2nc3ccc4sc5ccc(-c6ccc(N(c7ccc(-c8ccc9ccccc9c8)cc7)c7cc(-c8ccccc8)c8ccccc8c7)cc6)cc5c4c3s2)cc1. The zero-order chi connectivity index (χ0) is 40.3. The van der Waals surface area contributed by atoms with Crippen molar-refractivity contribution in [3.05, 3.63) is 218 Å². The lowest BCUT2D eigenvalue weighted by Gasteiger charge is -2.27. The topological polar surface area (TPSA) is 16.1 Å². The van der Waals surface area contributed by atoms with Crippen molar-refractivity contribution >= 4 is 91.7 Å². The van der Waals surface area contributed by atoms with Crippen LogP contribution in [0.5, 0.6) is 0 Å². The molecule has 0 unspecified atom stereocenters. The van der Waals surface area contributed by atoms with Gasteiger partial charge in [-0.15, -0.1) is 22.7 Å². The van der Waals surface area contributed by atoms with Crippen molar-refractivity contribution in [1.82, 2.24) is 4.98 Å². The van der Waals surface area contributed by atoms with E-state index in [1.165, 1.54) is 79.8 Å². The number of thiazole rings is 1. The van der Waals surface area contributed by atoms with E-state index in [0.29, 0.717) is 0 Å². The van der Waals surface area contributed by atoms with Crippen LogP contribution in [0.2, 0.25) is 0 Å². The van der Waals surface area contributed by atoms with Gasteiger partial charge in [-0.1, -0.05) is 152 Å². The van der Waals surface area contributed by atoms with Gasteiger partial charge in [-0.25, -0.2) is 4.98 Å². The molecule has 61 heavy (non-hydrogen) atoms. The van der Waals surface area contributed by atoms with E-state index in [0.717, 1.165) is 33.1 Å². The van der Waals surface area contributed by atoms with E-state index in [9.17, 15) is 0 Å². The standard InChI is InChI=1S/C57H36N2S2/c1-3-12-40(13-4-1)50-36-48(34-45-17-9-10-18-49(45)50)59(46-26-21-38(22-27-46)43-20-19-37-11-7-8-16-42(37)33-43)47-28-23-39(24-29-47)44-25-31-53-51(35-44)55-54(60-53)32-30-52-56(55)61-57(58-52)41-14-5-2-6-15-41/h1-36H. The minimum Gasteiger partial charge on any atom is -0.310 e. The molecule has 2 heterocycles. The molecule has 0 saturated carbocycles. The molecule has 0 N–H and O–H groups in total. The summed E-state index contributed by atoms with van der Waals surface area (Å²) in [5.74, 6) is 0. The van der Waals surface area contributed by atoms with Crippen LogP contribution in [0.15, 0.2) is 218 Å². The van der Waals surface area contributed by atoms with E-state index in [-0.39, 0.29) is 0 Å². The summed E-state index contributed by atoms with van der Waals surface area (Å²) in [6.45, 7) is 0. The first-order valence-electron chi connectivity index (χ1n) is 20.6. The fourth-order valence-electron chi connectivity index (χ4n) is 8.83. The molecule has 2 nitrogen and oxygen atoms in total. The van der Waals surface area contributed by atoms with Gasteiger partial charge in [0.2, 0.25) is 0 Å². The molecule has 0 aliphatic carbocycles. The highest BCUT2D eigenvalue weighted by molar-refractivity contribution is 7.28. The average Bonchev–Trinajstić information content (AvgIpc) is 3.94. The minimum absolute atomic E-state index is 1.06. The minimum atomic E-state index is 1.06. The molecule has 2 aromatic heterocycles. The fourth-order valence-corrected chi connectivity index (χ4v) is 11.1. The lowest BCUT2D eigenvalue weighted by atomic mass is 9.96. The van der Waals surface area contributed by atoms with Crippen LogP contribution in [0.3, 0.4) is 0 Å². The highest BCUT2D eigenvalue weighted by atomic mass is 32.1. The van der Waals surface area contributed by atoms with Crippen molar-refractivity contribution in [3.8, 4) is 44.0 Å². The number of rotatable bonds is 7. The summed E-state index contributed by atoms with van der Waals surface area (Å²) < 4.78 is 3.84. The number of anilines is 3. The van der Waals surface area contributed by atoms with Crippen LogP contribution in [-0.2, 0) is 0 Å². The Morgan fingerprint density at radius 1 is 0.344 bits per heavy atom. The number of aromatic nitrogens is 1. The molecule has 12 aromatic rings. The van der Waals surface area contributed by atoms with Crippen molar-refractivity contribution in [3.63, 3.8) is 0 Å². The molecule has 0 radical (unpaired) electrons. The van der Waals surface area contributed by atoms with E-state index in [1.54, 1.807) is 11.3 Å². The third kappa shape index (κ3) is 6.36. The highest BCUT2D eigenvalue weighted by Crippen LogP contribution is 2.45. The van der Waals surface area contributed by atoms with Gasteiger partial charge in [0.15, 0.2) is 0 Å². The average molecular weight is 813 g/mol. The summed E-state index contributed by atoms with van der Waals surface area (Å²) in [5, 5.41) is 8.59. The smallest absolute Gasteiger partial charge is 0.124 e. The van der Waals surface area contributed by atoms with Gasteiger partial charge in [-0.05, 0) is 122 Å². The molecule has 0 bridgehead atoms. The summed E-state index contributed by atoms with van der Waals surface area (Å²) >= 11 is 3.65. The molecule has 286 valence electrons. The Morgan fingerprint density at radius 3 is 1.67 bits per heavy atom. The second kappa shape index (κ2) is 14.7. The first-order chi connectivity index (χ1) is 30.2. The zero-order valence-corrected chi connectivity index (χ0v) is 34.6. The molecule has 10 aromatic carbocycles. The van der Waals surface area contributed by atoms with Crippen LogP contribution < -0.4 is 4.90 Å². The van der Waals surface area contributed by atoms with Gasteiger partial charge in [0.05, 0.1) is 10.2 Å². The molecule has 0 spiro atoms. The van der Waals surface area contributed by atoms with Gasteiger partial charge in [-0.3, -0.25) is 0 Å².